The molecular weight excluding hydrogens is 560 g/mol. The molecule has 1 atom stereocenters. The first kappa shape index (κ1) is 35.4. The van der Waals surface area contributed by atoms with E-state index in [9.17, 15) is 0 Å². The molecule has 1 aliphatic heterocycles. The van der Waals surface area contributed by atoms with Crippen LogP contribution < -0.4 is 15.2 Å². The maximum Gasteiger partial charge on any atom is 0.119 e. The highest BCUT2D eigenvalue weighted by atomic mass is 16.5. The van der Waals surface area contributed by atoms with Crippen LogP contribution in [-0.4, -0.2) is 6.61 Å². The Morgan fingerprint density at radius 3 is 1.74 bits per heavy atom. The van der Waals surface area contributed by atoms with E-state index in [4.69, 9.17) is 4.74 Å². The van der Waals surface area contributed by atoms with Crippen molar-refractivity contribution in [3.05, 3.63) is 113 Å². The molecule has 3 heteroatoms. The van der Waals surface area contributed by atoms with Gasteiger partial charge >= 0.3 is 0 Å². The SMILES string of the molecule is CCCCCCCCOc1ccc(N2NC(C=Cc3ccc(CCCCCC)cc3)=CC2c2ccc(CCCCCC)cc2)cc1. The third kappa shape index (κ3) is 12.0. The minimum atomic E-state index is 0.106. The Morgan fingerprint density at radius 1 is 0.587 bits per heavy atom. The van der Waals surface area contributed by atoms with Crippen LogP contribution in [0.15, 0.2) is 90.6 Å². The second kappa shape index (κ2) is 20.6. The fourth-order valence-electron chi connectivity index (χ4n) is 6.20. The lowest BCUT2D eigenvalue weighted by Crippen LogP contribution is -2.34. The van der Waals surface area contributed by atoms with Crippen LogP contribution in [0, 0.1) is 0 Å². The summed E-state index contributed by atoms with van der Waals surface area (Å²) >= 11 is 0. The third-order valence-corrected chi connectivity index (χ3v) is 9.14. The Bertz CT molecular complexity index is 1290. The predicted octanol–water partition coefficient (Wildman–Crippen LogP) is 12.3. The van der Waals surface area contributed by atoms with E-state index < -0.39 is 0 Å². The zero-order valence-electron chi connectivity index (χ0n) is 29.1. The number of allylic oxidation sites excluding steroid dienone is 1. The average Bonchev–Trinajstić information content (AvgIpc) is 3.53. The highest BCUT2D eigenvalue weighted by Gasteiger charge is 2.25. The van der Waals surface area contributed by atoms with Crippen molar-refractivity contribution < 1.29 is 4.74 Å². The largest absolute Gasteiger partial charge is 0.494 e. The molecule has 3 aromatic carbocycles. The van der Waals surface area contributed by atoms with Gasteiger partial charge in [0.15, 0.2) is 0 Å². The molecule has 0 amide bonds. The summed E-state index contributed by atoms with van der Waals surface area (Å²) in [6.07, 6.45) is 27.2. The molecule has 0 saturated carbocycles. The molecule has 3 aromatic rings. The van der Waals surface area contributed by atoms with Gasteiger partial charge in [0, 0.05) is 0 Å². The molecule has 1 N–H and O–H groups in total. The van der Waals surface area contributed by atoms with E-state index in [1.165, 1.54) is 112 Å². The summed E-state index contributed by atoms with van der Waals surface area (Å²) in [4.78, 5) is 0. The minimum Gasteiger partial charge on any atom is -0.494 e. The van der Waals surface area contributed by atoms with Crippen LogP contribution in [0.5, 0.6) is 5.75 Å². The van der Waals surface area contributed by atoms with Crippen LogP contribution >= 0.6 is 0 Å². The van der Waals surface area contributed by atoms with E-state index in [0.29, 0.717) is 0 Å². The molecular formula is C43H60N2O. The summed E-state index contributed by atoms with van der Waals surface area (Å²) in [6, 6.07) is 27.0. The van der Waals surface area contributed by atoms with E-state index in [-0.39, 0.29) is 6.04 Å². The molecule has 0 fully saturated rings. The molecule has 3 nitrogen and oxygen atoms in total. The standard InChI is InChI=1S/C43H60N2O/c1-4-7-10-13-14-17-34-46-42-32-30-41(31-33-42)45-43(39-27-24-37(25-28-39)19-16-12-9-6-3)35-40(44-45)29-26-38-22-20-36(21-23-38)18-15-11-8-5-2/h20-33,35,43-44H,4-19,34H2,1-3H3. The zero-order valence-corrected chi connectivity index (χ0v) is 29.1. The van der Waals surface area contributed by atoms with Crippen molar-refractivity contribution in [1.29, 1.82) is 0 Å². The number of hydrogen-bond acceptors (Lipinski definition) is 3. The summed E-state index contributed by atoms with van der Waals surface area (Å²) in [5.74, 6) is 0.947. The topological polar surface area (TPSA) is 24.5 Å². The number of hydrogen-bond donors (Lipinski definition) is 1. The van der Waals surface area contributed by atoms with E-state index in [2.05, 4.69) is 122 Å². The Morgan fingerprint density at radius 2 is 1.13 bits per heavy atom. The second-order valence-electron chi connectivity index (χ2n) is 13.1. The van der Waals surface area contributed by atoms with Gasteiger partial charge in [-0.3, -0.25) is 10.4 Å². The van der Waals surface area contributed by atoms with Gasteiger partial charge in [0.1, 0.15) is 5.75 Å². The molecule has 0 aromatic heterocycles. The van der Waals surface area contributed by atoms with Crippen LogP contribution in [-0.2, 0) is 12.8 Å². The van der Waals surface area contributed by atoms with Gasteiger partial charge in [0.25, 0.3) is 0 Å². The van der Waals surface area contributed by atoms with Gasteiger partial charge in [0.2, 0.25) is 0 Å². The van der Waals surface area contributed by atoms with Gasteiger partial charge in [-0.15, -0.1) is 0 Å². The normalized spacial score (nSPS) is 14.5. The van der Waals surface area contributed by atoms with Gasteiger partial charge in [0.05, 0.1) is 24.0 Å². The quantitative estimate of drug-likeness (QED) is 0.113. The van der Waals surface area contributed by atoms with Gasteiger partial charge in [-0.1, -0.05) is 146 Å². The molecule has 0 saturated heterocycles. The van der Waals surface area contributed by atoms with E-state index in [1.807, 2.05) is 0 Å². The van der Waals surface area contributed by atoms with Crippen molar-refractivity contribution in [1.82, 2.24) is 5.43 Å². The van der Waals surface area contributed by atoms with Crippen molar-refractivity contribution in [3.63, 3.8) is 0 Å². The maximum atomic E-state index is 6.09. The van der Waals surface area contributed by atoms with Gasteiger partial charge in [-0.25, -0.2) is 0 Å². The van der Waals surface area contributed by atoms with Gasteiger partial charge < -0.3 is 4.74 Å². The Hall–Kier alpha value is -3.46. The lowest BCUT2D eigenvalue weighted by molar-refractivity contribution is 0.304. The Labute approximate surface area is 281 Å². The lowest BCUT2D eigenvalue weighted by atomic mass is 10.0. The summed E-state index contributed by atoms with van der Waals surface area (Å²) in [5, 5.41) is 2.28. The molecule has 0 bridgehead atoms. The van der Waals surface area contributed by atoms with E-state index >= 15 is 0 Å². The molecule has 0 spiro atoms. The highest BCUT2D eigenvalue weighted by Crippen LogP contribution is 2.34. The number of hydrazine groups is 1. The predicted molar refractivity (Wildman–Crippen MR) is 199 cm³/mol. The smallest absolute Gasteiger partial charge is 0.119 e. The maximum absolute atomic E-state index is 6.09. The van der Waals surface area contributed by atoms with Crippen molar-refractivity contribution in [2.24, 2.45) is 0 Å². The van der Waals surface area contributed by atoms with Crippen LogP contribution in [0.25, 0.3) is 6.08 Å². The molecule has 1 aliphatic rings. The number of benzene rings is 3. The first-order chi connectivity index (χ1) is 22.7. The van der Waals surface area contributed by atoms with Gasteiger partial charge in [-0.2, -0.15) is 0 Å². The van der Waals surface area contributed by atoms with Crippen molar-refractivity contribution >= 4 is 11.8 Å². The van der Waals surface area contributed by atoms with E-state index in [0.717, 1.165) is 36.6 Å². The van der Waals surface area contributed by atoms with Crippen LogP contribution in [0.3, 0.4) is 0 Å². The average molecular weight is 621 g/mol. The molecule has 46 heavy (non-hydrogen) atoms. The van der Waals surface area contributed by atoms with Crippen molar-refractivity contribution in [3.8, 4) is 5.75 Å². The third-order valence-electron chi connectivity index (χ3n) is 9.14. The van der Waals surface area contributed by atoms with Crippen molar-refractivity contribution in [2.45, 2.75) is 130 Å². The number of unbranched alkanes of at least 4 members (excludes halogenated alkanes) is 11. The van der Waals surface area contributed by atoms with Crippen LogP contribution in [0.4, 0.5) is 5.69 Å². The lowest BCUT2D eigenvalue weighted by Gasteiger charge is -2.27. The number of ether oxygens (including phenoxy) is 1. The van der Waals surface area contributed by atoms with E-state index in [1.54, 1.807) is 0 Å². The fourth-order valence-corrected chi connectivity index (χ4v) is 6.20. The van der Waals surface area contributed by atoms with Crippen LogP contribution in [0.1, 0.15) is 139 Å². The molecule has 1 unspecified atom stereocenters. The van der Waals surface area contributed by atoms with Crippen molar-refractivity contribution in [2.75, 3.05) is 11.6 Å². The molecule has 248 valence electrons. The molecule has 0 aliphatic carbocycles. The first-order valence-electron chi connectivity index (χ1n) is 18.6. The summed E-state index contributed by atoms with van der Waals surface area (Å²) in [6.45, 7) is 7.60. The highest BCUT2D eigenvalue weighted by molar-refractivity contribution is 5.59. The molecule has 0 radical (unpaired) electrons. The minimum absolute atomic E-state index is 0.106. The number of aryl methyl sites for hydroxylation is 2. The monoisotopic (exact) mass is 620 g/mol. The molecule has 4 rings (SSSR count). The summed E-state index contributed by atoms with van der Waals surface area (Å²) < 4.78 is 6.09. The number of nitrogens with one attached hydrogen (secondary N) is 1. The zero-order chi connectivity index (χ0) is 32.2. The Balaban J connectivity index is 1.41. The number of nitrogens with zero attached hydrogens (tertiary/aromatic N) is 1. The summed E-state index contributed by atoms with van der Waals surface area (Å²) in [7, 11) is 0. The first-order valence-corrected chi connectivity index (χ1v) is 18.6. The summed E-state index contributed by atoms with van der Waals surface area (Å²) in [5.41, 5.74) is 11.3. The molecule has 1 heterocycles. The Kier molecular flexibility index (Phi) is 15.9. The van der Waals surface area contributed by atoms with Crippen LogP contribution in [0.2, 0.25) is 0 Å². The number of rotatable bonds is 22. The number of anilines is 1. The second-order valence-corrected chi connectivity index (χ2v) is 13.1. The van der Waals surface area contributed by atoms with Gasteiger partial charge in [-0.05, 0) is 90.8 Å². The fraction of sp³-hybridized carbons (Fsp3) is 0.488.